The number of piperidine rings is 1. The lowest BCUT2D eigenvalue weighted by Gasteiger charge is -2.30. The minimum absolute atomic E-state index is 0.233. The second-order valence-corrected chi connectivity index (χ2v) is 7.52. The maximum atomic E-state index is 11.4. The van der Waals surface area contributed by atoms with E-state index in [0.717, 1.165) is 43.9 Å². The van der Waals surface area contributed by atoms with Gasteiger partial charge in [-0.25, -0.2) is 4.68 Å². The minimum atomic E-state index is 0.233. The Bertz CT molecular complexity index is 783. The number of likely N-dealkylation sites (tertiary alicyclic amines) is 1. The maximum absolute atomic E-state index is 11.4. The summed E-state index contributed by atoms with van der Waals surface area (Å²) < 4.78 is 7.61. The van der Waals surface area contributed by atoms with E-state index in [1.54, 1.807) is 23.7 Å². The highest BCUT2D eigenvalue weighted by Crippen LogP contribution is 2.26. The molecular weight excluding hydrogens is 373 g/mol. The molecule has 1 aromatic heterocycles. The fourth-order valence-corrected chi connectivity index (χ4v) is 3.53. The van der Waals surface area contributed by atoms with E-state index in [4.69, 9.17) is 27.9 Å². The van der Waals surface area contributed by atoms with Crippen molar-refractivity contribution in [2.24, 2.45) is 5.92 Å². The van der Waals surface area contributed by atoms with E-state index >= 15 is 0 Å². The van der Waals surface area contributed by atoms with Crippen molar-refractivity contribution in [3.05, 3.63) is 40.0 Å². The highest BCUT2D eigenvalue weighted by atomic mass is 35.5. The quantitative estimate of drug-likeness (QED) is 0.736. The molecule has 0 N–H and O–H groups in total. The van der Waals surface area contributed by atoms with Gasteiger partial charge in [-0.05, 0) is 58.0 Å². The first-order valence-corrected chi connectivity index (χ1v) is 9.57. The number of hydrogen-bond acceptors (Lipinski definition) is 4. The Morgan fingerprint density at radius 2 is 1.96 bits per heavy atom. The van der Waals surface area contributed by atoms with Crippen molar-refractivity contribution < 1.29 is 9.53 Å². The van der Waals surface area contributed by atoms with Gasteiger partial charge in [0.1, 0.15) is 12.4 Å². The van der Waals surface area contributed by atoms with Gasteiger partial charge in [-0.15, -0.1) is 5.10 Å². The van der Waals surface area contributed by atoms with Gasteiger partial charge >= 0.3 is 0 Å². The monoisotopic (exact) mass is 395 g/mol. The van der Waals surface area contributed by atoms with Crippen molar-refractivity contribution in [2.75, 3.05) is 26.2 Å². The molecule has 2 heterocycles. The second kappa shape index (κ2) is 8.42. The molecule has 0 spiro atoms. The smallest absolute Gasteiger partial charge is 0.233 e. The fraction of sp³-hybridized carbons (Fsp3) is 0.474. The van der Waals surface area contributed by atoms with Crippen LogP contribution in [0.1, 0.15) is 25.5 Å². The average molecular weight is 396 g/mol. The van der Waals surface area contributed by atoms with Gasteiger partial charge in [0.05, 0.1) is 15.7 Å². The first-order chi connectivity index (χ1) is 12.4. The summed E-state index contributed by atoms with van der Waals surface area (Å²) in [5.74, 6) is 1.13. The van der Waals surface area contributed by atoms with Gasteiger partial charge < -0.3 is 4.74 Å². The number of aromatic nitrogens is 2. The maximum Gasteiger partial charge on any atom is 0.233 e. The second-order valence-electron chi connectivity index (χ2n) is 6.71. The minimum Gasteiger partial charge on any atom is -0.475 e. The standard InChI is InChI=1S/C19H23Cl2N3O2/c1-13-11-19(22-24(13)16-3-4-17(20)18(21)12-16)26-10-9-23-7-5-15(6-8-23)14(2)25/h3-4,11-12,15H,5-10H2,1-2H3. The number of carbonyl (C=O) groups excluding carboxylic acids is 1. The summed E-state index contributed by atoms with van der Waals surface area (Å²) >= 11 is 12.1. The van der Waals surface area contributed by atoms with Crippen LogP contribution in [-0.2, 0) is 4.79 Å². The third kappa shape index (κ3) is 4.58. The van der Waals surface area contributed by atoms with Crippen LogP contribution in [0, 0.1) is 12.8 Å². The molecule has 1 saturated heterocycles. The van der Waals surface area contributed by atoms with Crippen molar-refractivity contribution in [1.82, 2.24) is 14.7 Å². The van der Waals surface area contributed by atoms with Crippen molar-refractivity contribution >= 4 is 29.0 Å². The third-order valence-electron chi connectivity index (χ3n) is 4.83. The van der Waals surface area contributed by atoms with Gasteiger partial charge in [0, 0.05) is 24.2 Å². The normalized spacial score (nSPS) is 16.0. The molecule has 3 rings (SSSR count). The molecule has 0 radical (unpaired) electrons. The molecule has 0 bridgehead atoms. The van der Waals surface area contributed by atoms with Gasteiger partial charge in [-0.2, -0.15) is 0 Å². The van der Waals surface area contributed by atoms with Gasteiger partial charge in [-0.1, -0.05) is 23.2 Å². The van der Waals surface area contributed by atoms with Crippen LogP contribution < -0.4 is 4.74 Å². The fourth-order valence-electron chi connectivity index (χ4n) is 3.24. The van der Waals surface area contributed by atoms with Crippen LogP contribution in [-0.4, -0.2) is 46.7 Å². The predicted octanol–water partition coefficient (Wildman–Crippen LogP) is 4.17. The van der Waals surface area contributed by atoms with Crippen molar-refractivity contribution in [3.63, 3.8) is 0 Å². The predicted molar refractivity (Wildman–Crippen MR) is 104 cm³/mol. The SMILES string of the molecule is CC(=O)C1CCN(CCOc2cc(C)n(-c3ccc(Cl)c(Cl)c3)n2)CC1. The van der Waals surface area contributed by atoms with E-state index in [-0.39, 0.29) is 5.92 Å². The van der Waals surface area contributed by atoms with Crippen LogP contribution >= 0.6 is 23.2 Å². The van der Waals surface area contributed by atoms with Gasteiger partial charge in [0.2, 0.25) is 5.88 Å². The lowest BCUT2D eigenvalue weighted by Crippen LogP contribution is -2.38. The van der Waals surface area contributed by atoms with Gasteiger partial charge in [-0.3, -0.25) is 9.69 Å². The number of carbonyl (C=O) groups is 1. The molecule has 2 aromatic rings. The summed E-state index contributed by atoms with van der Waals surface area (Å²) in [4.78, 5) is 13.8. The van der Waals surface area contributed by atoms with E-state index in [1.165, 1.54) is 0 Å². The number of Topliss-reactive ketones (excluding diaryl/α,β-unsaturated/α-hetero) is 1. The zero-order valence-corrected chi connectivity index (χ0v) is 16.6. The first-order valence-electron chi connectivity index (χ1n) is 8.81. The molecule has 0 aliphatic carbocycles. The molecule has 5 nitrogen and oxygen atoms in total. The number of benzene rings is 1. The van der Waals surface area contributed by atoms with Crippen LogP contribution in [0.3, 0.4) is 0 Å². The molecule has 1 fully saturated rings. The molecule has 26 heavy (non-hydrogen) atoms. The highest BCUT2D eigenvalue weighted by molar-refractivity contribution is 6.42. The number of nitrogens with zero attached hydrogens (tertiary/aromatic N) is 3. The molecule has 0 atom stereocenters. The van der Waals surface area contributed by atoms with Crippen molar-refractivity contribution in [1.29, 1.82) is 0 Å². The van der Waals surface area contributed by atoms with E-state index in [9.17, 15) is 4.79 Å². The first kappa shape index (κ1) is 19.2. The van der Waals surface area contributed by atoms with Gasteiger partial charge in [0.25, 0.3) is 0 Å². The molecule has 0 unspecified atom stereocenters. The summed E-state index contributed by atoms with van der Waals surface area (Å²) in [5.41, 5.74) is 1.80. The number of aryl methyl sites for hydroxylation is 1. The Morgan fingerprint density at radius 1 is 1.23 bits per heavy atom. The Balaban J connectivity index is 1.53. The number of ketones is 1. The number of rotatable bonds is 6. The summed E-state index contributed by atoms with van der Waals surface area (Å²) in [6.07, 6.45) is 1.89. The van der Waals surface area contributed by atoms with Crippen LogP contribution in [0.4, 0.5) is 0 Å². The topological polar surface area (TPSA) is 47.4 Å². The molecule has 140 valence electrons. The summed E-state index contributed by atoms with van der Waals surface area (Å²) in [6, 6.07) is 7.32. The van der Waals surface area contributed by atoms with Gasteiger partial charge in [0.15, 0.2) is 0 Å². The Hall–Kier alpha value is -1.56. The Kier molecular flexibility index (Phi) is 6.22. The third-order valence-corrected chi connectivity index (χ3v) is 5.57. The zero-order chi connectivity index (χ0) is 18.7. The van der Waals surface area contributed by atoms with E-state index < -0.39 is 0 Å². The zero-order valence-electron chi connectivity index (χ0n) is 15.0. The molecule has 1 aliphatic heterocycles. The number of halogens is 2. The van der Waals surface area contributed by atoms with Crippen LogP contribution in [0.25, 0.3) is 5.69 Å². The molecule has 0 saturated carbocycles. The summed E-state index contributed by atoms with van der Waals surface area (Å²) in [6.45, 7) is 6.96. The molecule has 0 amide bonds. The average Bonchev–Trinajstić information content (AvgIpc) is 2.98. The van der Waals surface area contributed by atoms with E-state index in [2.05, 4.69) is 10.00 Å². The van der Waals surface area contributed by atoms with Crippen molar-refractivity contribution in [3.8, 4) is 11.6 Å². The van der Waals surface area contributed by atoms with Crippen molar-refractivity contribution in [2.45, 2.75) is 26.7 Å². The van der Waals surface area contributed by atoms with Crippen LogP contribution in [0.5, 0.6) is 5.88 Å². The Labute approximate surface area is 163 Å². The number of hydrogen-bond donors (Lipinski definition) is 0. The van der Waals surface area contributed by atoms with E-state index in [1.807, 2.05) is 19.1 Å². The lowest BCUT2D eigenvalue weighted by molar-refractivity contribution is -0.122. The van der Waals surface area contributed by atoms with Crippen LogP contribution in [0.15, 0.2) is 24.3 Å². The molecule has 1 aromatic carbocycles. The molecular formula is C19H23Cl2N3O2. The summed E-state index contributed by atoms with van der Waals surface area (Å²) in [5, 5.41) is 5.51. The molecule has 7 heteroatoms. The number of ether oxygens (including phenoxy) is 1. The van der Waals surface area contributed by atoms with E-state index in [0.29, 0.717) is 28.3 Å². The summed E-state index contributed by atoms with van der Waals surface area (Å²) in [7, 11) is 0. The largest absolute Gasteiger partial charge is 0.475 e. The highest BCUT2D eigenvalue weighted by Gasteiger charge is 2.22. The lowest BCUT2D eigenvalue weighted by atomic mass is 9.93. The Morgan fingerprint density at radius 3 is 2.62 bits per heavy atom. The molecule has 1 aliphatic rings. The van der Waals surface area contributed by atoms with Crippen LogP contribution in [0.2, 0.25) is 10.0 Å².